The Morgan fingerprint density at radius 3 is 2.25 bits per heavy atom. The van der Waals surface area contributed by atoms with Crippen molar-refractivity contribution in [2.75, 3.05) is 0 Å². The highest BCUT2D eigenvalue weighted by atomic mass is 14.4. The lowest BCUT2D eigenvalue weighted by atomic mass is 9.59. The molecule has 0 aromatic rings. The lowest BCUT2D eigenvalue weighted by Gasteiger charge is -2.46. The topological polar surface area (TPSA) is 0 Å². The number of rotatable bonds is 1. The maximum Gasteiger partial charge on any atom is -0.0157 e. The molecule has 12 heavy (non-hydrogen) atoms. The van der Waals surface area contributed by atoms with Gasteiger partial charge >= 0.3 is 0 Å². The van der Waals surface area contributed by atoms with Crippen molar-refractivity contribution < 1.29 is 0 Å². The van der Waals surface area contributed by atoms with Crippen molar-refractivity contribution in [1.82, 2.24) is 0 Å². The summed E-state index contributed by atoms with van der Waals surface area (Å²) in [4.78, 5) is 0. The lowest BCUT2D eigenvalue weighted by Crippen LogP contribution is -2.38. The lowest BCUT2D eigenvalue weighted by molar-refractivity contribution is 0.0595. The van der Waals surface area contributed by atoms with Crippen LogP contribution in [0.2, 0.25) is 0 Å². The van der Waals surface area contributed by atoms with Gasteiger partial charge in [0.15, 0.2) is 0 Å². The predicted octanol–water partition coefficient (Wildman–Crippen LogP) is 3.88. The van der Waals surface area contributed by atoms with Gasteiger partial charge in [-0.05, 0) is 36.0 Å². The molecule has 0 aromatic heterocycles. The third kappa shape index (κ3) is 1.44. The minimum atomic E-state index is 0.458. The van der Waals surface area contributed by atoms with E-state index in [2.05, 4.69) is 40.3 Å². The van der Waals surface area contributed by atoms with Crippen LogP contribution in [0.4, 0.5) is 0 Å². The van der Waals surface area contributed by atoms with Gasteiger partial charge in [-0.2, -0.15) is 0 Å². The fraction of sp³-hybridized carbons (Fsp3) is 0.833. The van der Waals surface area contributed by atoms with Crippen molar-refractivity contribution in [3.8, 4) is 0 Å². The molecule has 0 nitrogen and oxygen atoms in total. The highest BCUT2D eigenvalue weighted by molar-refractivity contribution is 4.98. The Morgan fingerprint density at radius 2 is 1.83 bits per heavy atom. The van der Waals surface area contributed by atoms with E-state index < -0.39 is 0 Å². The molecule has 70 valence electrons. The van der Waals surface area contributed by atoms with Crippen molar-refractivity contribution in [2.45, 2.75) is 40.5 Å². The molecule has 0 aliphatic heterocycles. The Hall–Kier alpha value is -0.260. The second kappa shape index (κ2) is 3.24. The maximum atomic E-state index is 3.96. The first-order valence-corrected chi connectivity index (χ1v) is 5.12. The molecule has 0 saturated heterocycles. The monoisotopic (exact) mass is 166 g/mol. The molecule has 0 heterocycles. The zero-order valence-corrected chi connectivity index (χ0v) is 8.93. The molecule has 1 saturated carbocycles. The molecule has 0 aromatic carbocycles. The molecule has 1 aliphatic carbocycles. The molecule has 1 aliphatic rings. The smallest absolute Gasteiger partial charge is 0.0157 e. The van der Waals surface area contributed by atoms with Gasteiger partial charge in [0.1, 0.15) is 0 Å². The van der Waals surface area contributed by atoms with E-state index in [1.807, 2.05) is 0 Å². The summed E-state index contributed by atoms with van der Waals surface area (Å²) in [5.74, 6) is 2.38. The third-order valence-electron chi connectivity index (χ3n) is 4.05. The highest BCUT2D eigenvalue weighted by Crippen LogP contribution is 2.47. The molecule has 0 N–H and O–H groups in total. The molecule has 3 unspecified atom stereocenters. The minimum Gasteiger partial charge on any atom is -0.103 e. The summed E-state index contributed by atoms with van der Waals surface area (Å²) in [5, 5.41) is 0. The van der Waals surface area contributed by atoms with Crippen LogP contribution >= 0.6 is 0 Å². The van der Waals surface area contributed by atoms with Crippen LogP contribution in [0.15, 0.2) is 12.7 Å². The normalized spacial score (nSPS) is 40.8. The van der Waals surface area contributed by atoms with Gasteiger partial charge in [-0.1, -0.05) is 33.8 Å². The van der Waals surface area contributed by atoms with E-state index >= 15 is 0 Å². The second-order valence-electron chi connectivity index (χ2n) is 5.04. The van der Waals surface area contributed by atoms with E-state index in [1.165, 1.54) is 12.8 Å². The summed E-state index contributed by atoms with van der Waals surface area (Å²) < 4.78 is 0. The van der Waals surface area contributed by atoms with Gasteiger partial charge in [-0.3, -0.25) is 0 Å². The first-order chi connectivity index (χ1) is 5.50. The van der Waals surface area contributed by atoms with Crippen molar-refractivity contribution in [3.63, 3.8) is 0 Å². The summed E-state index contributed by atoms with van der Waals surface area (Å²) in [6, 6.07) is 0. The van der Waals surface area contributed by atoms with Gasteiger partial charge in [0.25, 0.3) is 0 Å². The summed E-state index contributed by atoms with van der Waals surface area (Å²) in [6.45, 7) is 13.5. The van der Waals surface area contributed by atoms with Crippen molar-refractivity contribution in [1.29, 1.82) is 0 Å². The first-order valence-electron chi connectivity index (χ1n) is 5.12. The van der Waals surface area contributed by atoms with Crippen LogP contribution in [-0.4, -0.2) is 0 Å². The Morgan fingerprint density at radius 1 is 1.25 bits per heavy atom. The molecule has 1 fully saturated rings. The summed E-state index contributed by atoms with van der Waals surface area (Å²) in [6.07, 6.45) is 4.93. The molecule has 0 amide bonds. The average molecular weight is 166 g/mol. The van der Waals surface area contributed by atoms with Crippen LogP contribution in [0.1, 0.15) is 40.5 Å². The van der Waals surface area contributed by atoms with E-state index in [0.717, 1.165) is 11.8 Å². The maximum absolute atomic E-state index is 3.96. The molecule has 1 rings (SSSR count). The van der Waals surface area contributed by atoms with Gasteiger partial charge in [-0.15, -0.1) is 6.58 Å². The zero-order valence-electron chi connectivity index (χ0n) is 8.93. The summed E-state index contributed by atoms with van der Waals surface area (Å²) in [5.41, 5.74) is 0.458. The van der Waals surface area contributed by atoms with E-state index in [4.69, 9.17) is 0 Å². The predicted molar refractivity (Wildman–Crippen MR) is 55.0 cm³/mol. The summed E-state index contributed by atoms with van der Waals surface area (Å²) >= 11 is 0. The fourth-order valence-electron chi connectivity index (χ4n) is 2.66. The van der Waals surface area contributed by atoms with Crippen molar-refractivity contribution in [2.24, 2.45) is 23.2 Å². The van der Waals surface area contributed by atoms with E-state index in [1.54, 1.807) is 0 Å². The van der Waals surface area contributed by atoms with Crippen LogP contribution < -0.4 is 0 Å². The number of hydrogen-bond donors (Lipinski definition) is 0. The van der Waals surface area contributed by atoms with Crippen molar-refractivity contribution in [3.05, 3.63) is 12.7 Å². The highest BCUT2D eigenvalue weighted by Gasteiger charge is 2.39. The number of allylic oxidation sites excluding steroid dienone is 1. The van der Waals surface area contributed by atoms with Gasteiger partial charge in [0, 0.05) is 0 Å². The molecule has 3 atom stereocenters. The number of hydrogen-bond acceptors (Lipinski definition) is 0. The molecular formula is C12H22. The van der Waals surface area contributed by atoms with Crippen LogP contribution in [0, 0.1) is 23.2 Å². The molecule has 0 radical (unpaired) electrons. The van der Waals surface area contributed by atoms with E-state index in [-0.39, 0.29) is 0 Å². The Labute approximate surface area is 77.1 Å². The largest absolute Gasteiger partial charge is 0.103 e. The SMILES string of the molecule is C=CC1C(C)CCC(C)C1(C)C. The Kier molecular flexibility index (Phi) is 2.65. The average Bonchev–Trinajstić information content (AvgIpc) is 1.98. The first kappa shape index (κ1) is 9.83. The quantitative estimate of drug-likeness (QED) is 0.519. The molecule has 0 spiro atoms. The molecule has 0 heteroatoms. The Balaban J connectivity index is 2.83. The standard InChI is InChI=1S/C12H22/c1-6-11-9(2)7-8-10(3)12(11,4)5/h6,9-11H,1,7-8H2,2-5H3. The van der Waals surface area contributed by atoms with Gasteiger partial charge in [0.05, 0.1) is 0 Å². The molecular weight excluding hydrogens is 144 g/mol. The summed E-state index contributed by atoms with van der Waals surface area (Å²) in [7, 11) is 0. The van der Waals surface area contributed by atoms with Crippen LogP contribution in [0.3, 0.4) is 0 Å². The van der Waals surface area contributed by atoms with Crippen LogP contribution in [0.5, 0.6) is 0 Å². The van der Waals surface area contributed by atoms with Gasteiger partial charge in [0.2, 0.25) is 0 Å². The van der Waals surface area contributed by atoms with Gasteiger partial charge in [-0.25, -0.2) is 0 Å². The van der Waals surface area contributed by atoms with Crippen molar-refractivity contribution >= 4 is 0 Å². The third-order valence-corrected chi connectivity index (χ3v) is 4.05. The van der Waals surface area contributed by atoms with E-state index in [9.17, 15) is 0 Å². The Bertz CT molecular complexity index is 167. The minimum absolute atomic E-state index is 0.458. The van der Waals surface area contributed by atoms with Crippen LogP contribution in [0.25, 0.3) is 0 Å². The second-order valence-corrected chi connectivity index (χ2v) is 5.04. The van der Waals surface area contributed by atoms with Crippen LogP contribution in [-0.2, 0) is 0 Å². The van der Waals surface area contributed by atoms with Gasteiger partial charge < -0.3 is 0 Å². The zero-order chi connectivity index (χ0) is 9.35. The fourth-order valence-corrected chi connectivity index (χ4v) is 2.66. The van der Waals surface area contributed by atoms with E-state index in [0.29, 0.717) is 11.3 Å². The molecule has 0 bridgehead atoms.